The summed E-state index contributed by atoms with van der Waals surface area (Å²) < 4.78 is 0. The largest absolute Gasteiger partial charge is 0.388 e. The summed E-state index contributed by atoms with van der Waals surface area (Å²) in [6.07, 6.45) is 4.64. The van der Waals surface area contributed by atoms with Crippen LogP contribution in [0.2, 0.25) is 5.02 Å². The number of halogens is 1. The van der Waals surface area contributed by atoms with E-state index in [1.54, 1.807) is 13.8 Å². The summed E-state index contributed by atoms with van der Waals surface area (Å²) in [4.78, 5) is 4.66. The van der Waals surface area contributed by atoms with Gasteiger partial charge in [-0.05, 0) is 79.3 Å². The van der Waals surface area contributed by atoms with Crippen molar-refractivity contribution in [3.63, 3.8) is 0 Å². The number of benzene rings is 3. The normalized spacial score (nSPS) is 13.0. The van der Waals surface area contributed by atoms with Gasteiger partial charge in [-0.1, -0.05) is 72.3 Å². The van der Waals surface area contributed by atoms with Crippen molar-refractivity contribution in [2.75, 3.05) is 0 Å². The average molecular weight is 458 g/mol. The van der Waals surface area contributed by atoms with E-state index in [4.69, 9.17) is 11.6 Å². The molecular weight excluding hydrogens is 430 g/mol. The average Bonchev–Trinajstić information content (AvgIpc) is 2.80. The van der Waals surface area contributed by atoms with E-state index < -0.39 is 11.7 Å². The van der Waals surface area contributed by atoms with Crippen LogP contribution in [0.5, 0.6) is 0 Å². The molecular formula is C29H28ClNO2. The molecule has 0 unspecified atom stereocenters. The maximum atomic E-state index is 10.8. The number of aromatic nitrogens is 1. The van der Waals surface area contributed by atoms with Gasteiger partial charge < -0.3 is 10.2 Å². The zero-order valence-electron chi connectivity index (χ0n) is 18.9. The fraction of sp³-hybridized carbons (Fsp3) is 0.207. The molecule has 168 valence electrons. The Bertz CT molecular complexity index is 1290. The summed E-state index contributed by atoms with van der Waals surface area (Å²) in [5, 5.41) is 23.0. The lowest BCUT2D eigenvalue weighted by Gasteiger charge is -2.22. The second-order valence-corrected chi connectivity index (χ2v) is 9.28. The molecule has 0 aliphatic rings. The number of fused-ring (bicyclic) bond motifs is 1. The number of nitrogens with zero attached hydrogens (tertiary/aromatic N) is 1. The SMILES string of the molecule is CC(C)(O)c1ccccc1CC[C@H](O)c1cccc(/C=C/c2ccc3ccc(Cl)cc3n2)c1. The predicted molar refractivity (Wildman–Crippen MR) is 137 cm³/mol. The third-order valence-corrected chi connectivity index (χ3v) is 6.02. The molecule has 4 heteroatoms. The van der Waals surface area contributed by atoms with E-state index in [1.807, 2.05) is 91.0 Å². The molecule has 3 aromatic carbocycles. The molecule has 1 aromatic heterocycles. The Morgan fingerprint density at radius 1 is 0.939 bits per heavy atom. The van der Waals surface area contributed by atoms with Gasteiger partial charge in [0.05, 0.1) is 22.9 Å². The van der Waals surface area contributed by atoms with Crippen LogP contribution in [-0.4, -0.2) is 15.2 Å². The smallest absolute Gasteiger partial charge is 0.0843 e. The summed E-state index contributed by atoms with van der Waals surface area (Å²) in [6.45, 7) is 3.58. The van der Waals surface area contributed by atoms with Gasteiger partial charge in [-0.3, -0.25) is 0 Å². The molecule has 3 nitrogen and oxygen atoms in total. The Morgan fingerprint density at radius 2 is 1.73 bits per heavy atom. The first kappa shape index (κ1) is 23.2. The quantitative estimate of drug-likeness (QED) is 0.315. The summed E-state index contributed by atoms with van der Waals surface area (Å²) in [5.74, 6) is 0. The first-order valence-corrected chi connectivity index (χ1v) is 11.5. The predicted octanol–water partition coefficient (Wildman–Crippen LogP) is 6.95. The molecule has 33 heavy (non-hydrogen) atoms. The van der Waals surface area contributed by atoms with Gasteiger partial charge >= 0.3 is 0 Å². The summed E-state index contributed by atoms with van der Waals surface area (Å²) in [5.41, 5.74) is 4.63. The van der Waals surface area contributed by atoms with Gasteiger partial charge in [0.15, 0.2) is 0 Å². The lowest BCUT2D eigenvalue weighted by molar-refractivity contribution is 0.0772. The van der Waals surface area contributed by atoms with Crippen molar-refractivity contribution in [3.8, 4) is 0 Å². The maximum absolute atomic E-state index is 10.8. The van der Waals surface area contributed by atoms with Crippen molar-refractivity contribution in [1.29, 1.82) is 0 Å². The molecule has 1 atom stereocenters. The molecule has 1 heterocycles. The molecule has 0 aliphatic heterocycles. The highest BCUT2D eigenvalue weighted by Gasteiger charge is 2.20. The summed E-state index contributed by atoms with van der Waals surface area (Å²) in [6, 6.07) is 25.5. The maximum Gasteiger partial charge on any atom is 0.0843 e. The summed E-state index contributed by atoms with van der Waals surface area (Å²) >= 11 is 6.09. The third kappa shape index (κ3) is 5.88. The van der Waals surface area contributed by atoms with Crippen molar-refractivity contribution in [1.82, 2.24) is 4.98 Å². The van der Waals surface area contributed by atoms with Gasteiger partial charge in [0, 0.05) is 10.4 Å². The molecule has 0 aliphatic carbocycles. The third-order valence-electron chi connectivity index (χ3n) is 5.78. The highest BCUT2D eigenvalue weighted by molar-refractivity contribution is 6.31. The van der Waals surface area contributed by atoms with E-state index in [2.05, 4.69) is 4.98 Å². The van der Waals surface area contributed by atoms with Crippen LogP contribution < -0.4 is 0 Å². The molecule has 4 rings (SSSR count). The van der Waals surface area contributed by atoms with Gasteiger partial charge in [0.2, 0.25) is 0 Å². The van der Waals surface area contributed by atoms with Gasteiger partial charge in [0.1, 0.15) is 0 Å². The van der Waals surface area contributed by atoms with Crippen LogP contribution in [0, 0.1) is 0 Å². The van der Waals surface area contributed by atoms with Crippen LogP contribution in [-0.2, 0) is 12.0 Å². The molecule has 0 saturated heterocycles. The van der Waals surface area contributed by atoms with Crippen LogP contribution >= 0.6 is 11.6 Å². The minimum atomic E-state index is -0.908. The summed E-state index contributed by atoms with van der Waals surface area (Å²) in [7, 11) is 0. The Balaban J connectivity index is 1.47. The van der Waals surface area contributed by atoms with Crippen molar-refractivity contribution in [3.05, 3.63) is 112 Å². The number of aliphatic hydroxyl groups excluding tert-OH is 1. The molecule has 0 bridgehead atoms. The van der Waals surface area contributed by atoms with Crippen molar-refractivity contribution in [2.45, 2.75) is 38.4 Å². The highest BCUT2D eigenvalue weighted by atomic mass is 35.5. The number of hydrogen-bond donors (Lipinski definition) is 2. The Hall–Kier alpha value is -2.98. The van der Waals surface area contributed by atoms with Crippen LogP contribution in [0.3, 0.4) is 0 Å². The molecule has 0 spiro atoms. The van der Waals surface area contributed by atoms with E-state index in [9.17, 15) is 10.2 Å². The van der Waals surface area contributed by atoms with Crippen LogP contribution in [0.25, 0.3) is 23.1 Å². The van der Waals surface area contributed by atoms with E-state index >= 15 is 0 Å². The number of hydrogen-bond acceptors (Lipinski definition) is 3. The molecule has 0 radical (unpaired) electrons. The van der Waals surface area contributed by atoms with Crippen LogP contribution in [0.15, 0.2) is 78.9 Å². The second-order valence-electron chi connectivity index (χ2n) is 8.85. The second kappa shape index (κ2) is 9.88. The van der Waals surface area contributed by atoms with E-state index in [1.165, 1.54) is 0 Å². The molecule has 0 amide bonds. The first-order valence-electron chi connectivity index (χ1n) is 11.1. The number of aryl methyl sites for hydroxylation is 1. The van der Waals surface area contributed by atoms with Crippen LogP contribution in [0.4, 0.5) is 0 Å². The molecule has 4 aromatic rings. The highest BCUT2D eigenvalue weighted by Crippen LogP contribution is 2.27. The van der Waals surface area contributed by atoms with Crippen molar-refractivity contribution in [2.24, 2.45) is 0 Å². The molecule has 0 fully saturated rings. The Kier molecular flexibility index (Phi) is 6.94. The molecule has 0 saturated carbocycles. The van der Waals surface area contributed by atoms with Gasteiger partial charge in [-0.2, -0.15) is 0 Å². The van der Waals surface area contributed by atoms with Gasteiger partial charge in [0.25, 0.3) is 0 Å². The topological polar surface area (TPSA) is 53.4 Å². The van der Waals surface area contributed by atoms with Crippen LogP contribution in [0.1, 0.15) is 54.3 Å². The zero-order valence-corrected chi connectivity index (χ0v) is 19.6. The first-order chi connectivity index (χ1) is 15.8. The minimum Gasteiger partial charge on any atom is -0.388 e. The number of aliphatic hydroxyl groups is 2. The fourth-order valence-electron chi connectivity index (χ4n) is 4.04. The Labute approximate surface area is 200 Å². The molecule has 2 N–H and O–H groups in total. The van der Waals surface area contributed by atoms with Crippen molar-refractivity contribution < 1.29 is 10.2 Å². The lowest BCUT2D eigenvalue weighted by Crippen LogP contribution is -2.18. The number of rotatable bonds is 7. The van der Waals surface area contributed by atoms with E-state index in [0.717, 1.165) is 38.9 Å². The zero-order chi connectivity index (χ0) is 23.4. The van der Waals surface area contributed by atoms with E-state index in [0.29, 0.717) is 17.9 Å². The standard InChI is InChI=1S/C29H28ClNO2/c1-29(2,33)26-9-4-3-7-21(26)13-17-28(32)23-8-5-6-20(18-23)10-15-25-16-12-22-11-14-24(30)19-27(22)31-25/h3-12,14-16,18-19,28,32-33H,13,17H2,1-2H3/b15-10+/t28-/m0/s1. The lowest BCUT2D eigenvalue weighted by atomic mass is 9.90. The van der Waals surface area contributed by atoms with Crippen molar-refractivity contribution >= 4 is 34.7 Å². The van der Waals surface area contributed by atoms with Gasteiger partial charge in [-0.25, -0.2) is 4.98 Å². The van der Waals surface area contributed by atoms with Gasteiger partial charge in [-0.15, -0.1) is 0 Å². The Morgan fingerprint density at radius 3 is 2.55 bits per heavy atom. The minimum absolute atomic E-state index is 0.577. The van der Waals surface area contributed by atoms with E-state index in [-0.39, 0.29) is 0 Å². The fourth-order valence-corrected chi connectivity index (χ4v) is 4.21. The number of pyridine rings is 1. The monoisotopic (exact) mass is 457 g/mol.